The minimum atomic E-state index is -1.33. The summed E-state index contributed by atoms with van der Waals surface area (Å²) < 4.78 is 0. The summed E-state index contributed by atoms with van der Waals surface area (Å²) in [5.41, 5.74) is 13.9. The van der Waals surface area contributed by atoms with Gasteiger partial charge in [0, 0.05) is 134 Å². The predicted molar refractivity (Wildman–Crippen MR) is 479 cm³/mol. The van der Waals surface area contributed by atoms with Crippen LogP contribution < -0.4 is 9.97 Å². The van der Waals surface area contributed by atoms with Crippen LogP contribution in [0.2, 0.25) is 0 Å². The van der Waals surface area contributed by atoms with Crippen molar-refractivity contribution >= 4 is 44.1 Å². The van der Waals surface area contributed by atoms with E-state index in [0.29, 0.717) is 89.7 Å². The fourth-order valence-corrected chi connectivity index (χ4v) is 23.2. The molecule has 8 atom stereocenters. The summed E-state index contributed by atoms with van der Waals surface area (Å²) in [6, 6.07) is 134. The van der Waals surface area contributed by atoms with E-state index in [1.807, 2.05) is 146 Å². The molecule has 0 saturated heterocycles. The van der Waals surface area contributed by atoms with Crippen molar-refractivity contribution < 1.29 is 59.5 Å². The zero-order valence-corrected chi connectivity index (χ0v) is 69.7. The fraction of sp³-hybridized carbons (Fsp3) is 0.0714. The first-order chi connectivity index (χ1) is 63.3. The van der Waals surface area contributed by atoms with Gasteiger partial charge in [-0.25, -0.2) is 49.1 Å². The molecule has 10 aliphatic heterocycles. The van der Waals surface area contributed by atoms with Crippen molar-refractivity contribution in [3.05, 3.63) is 522 Å². The van der Waals surface area contributed by atoms with Crippen LogP contribution in [-0.2, 0) is 104 Å². The Balaban J connectivity index is 0.00000839. The Labute approximate surface area is 750 Å². The average Bonchev–Trinajstić information content (AvgIpc) is 1.60. The van der Waals surface area contributed by atoms with Crippen LogP contribution in [-0.4, -0.2) is 29.9 Å². The van der Waals surface area contributed by atoms with Crippen molar-refractivity contribution in [2.24, 2.45) is 0 Å². The van der Waals surface area contributed by atoms with Gasteiger partial charge in [-0.15, -0.1) is 0 Å². The van der Waals surface area contributed by atoms with E-state index in [-0.39, 0.29) is 20.4 Å². The second-order valence-electron chi connectivity index (χ2n) is 34.5. The standard InChI is InChI=1S/C112H64N8O8.Pd/c1-9-33-65(34-10-1)105-81-49-25-26-50-82(81)106(122-121-105,66-35-11-2-12-36-66)90-58-74-73(57-89(90)105)97-113-98(74)118-100-77-61-93-94(110(70-43-19-6-20-44-70)86-54-30-29-53-85(86)109(93,125-126-110)69-41-17-5-18-42-69)62-78(77)102(115-100)120-104-80-64-96-95(111(71-45-21-7-22-46-71)87-55-31-32-56-88(87)112(96,128-127-111)72-47-23-8-24-48-72)63-79(80)103(116-104)119-101-76-60-92-91(59-75(76)99(114-101)117-97)107(67-37-13-3-14-38-67)83-51-27-28-52-84(83)108(92,124-123-107)68-39-15-4-16-40-68;/h1-64H;/q-2;+2. The van der Waals surface area contributed by atoms with E-state index in [2.05, 4.69) is 243 Å². The minimum Gasteiger partial charge on any atom is -0.357 e. The number of nitrogens with zero attached hydrogens (tertiary/aromatic N) is 8. The molecule has 16 bridgehead atoms. The van der Waals surface area contributed by atoms with Gasteiger partial charge in [0.15, 0.2) is 44.8 Å². The number of hydrogen-bond donors (Lipinski definition) is 0. The zero-order chi connectivity index (χ0) is 83.7. The van der Waals surface area contributed by atoms with Gasteiger partial charge in [0.25, 0.3) is 0 Å². The summed E-state index contributed by atoms with van der Waals surface area (Å²) in [5, 5.41) is 2.58. The van der Waals surface area contributed by atoms with Crippen molar-refractivity contribution in [1.29, 1.82) is 0 Å². The molecule has 129 heavy (non-hydrogen) atoms. The van der Waals surface area contributed by atoms with Crippen molar-refractivity contribution in [3.63, 3.8) is 0 Å². The van der Waals surface area contributed by atoms with Gasteiger partial charge in [-0.05, 0) is 115 Å². The maximum atomic E-state index is 7.26. The smallest absolute Gasteiger partial charge is 0.357 e. The normalized spacial score (nSPS) is 23.4. The van der Waals surface area contributed by atoms with E-state index < -0.39 is 44.8 Å². The first-order valence-electron chi connectivity index (χ1n) is 43.1. The number of rotatable bonds is 8. The molecule has 610 valence electrons. The maximum absolute atomic E-state index is 7.26. The molecule has 13 heterocycles. The Morgan fingerprint density at radius 3 is 0.450 bits per heavy atom. The first kappa shape index (κ1) is 73.4. The van der Waals surface area contributed by atoms with Gasteiger partial charge in [-0.3, -0.25) is 0 Å². The molecular weight excluding hydrogens is 1690 g/mol. The molecule has 19 aromatic rings. The van der Waals surface area contributed by atoms with Crippen molar-refractivity contribution in [2.75, 3.05) is 0 Å². The molecule has 0 fully saturated rings. The van der Waals surface area contributed by atoms with Gasteiger partial charge in [-0.1, -0.05) is 340 Å². The summed E-state index contributed by atoms with van der Waals surface area (Å²) in [5.74, 6) is 1.23. The summed E-state index contributed by atoms with van der Waals surface area (Å²) in [7, 11) is 0. The molecule has 17 heteroatoms. The Kier molecular flexibility index (Phi) is 14.9. The zero-order valence-electron chi connectivity index (χ0n) is 68.1. The number of fused-ring (bicyclic) bond motifs is 24. The van der Waals surface area contributed by atoms with Crippen molar-refractivity contribution in [3.8, 4) is 45.6 Å². The van der Waals surface area contributed by atoms with E-state index in [4.69, 9.17) is 79.0 Å². The molecule has 14 aliphatic rings. The molecule has 0 amide bonds. The molecule has 8 unspecified atom stereocenters. The number of benzene rings is 16. The monoisotopic (exact) mass is 1750 g/mol. The van der Waals surface area contributed by atoms with Gasteiger partial charge < -0.3 is 29.9 Å². The third-order valence-corrected chi connectivity index (χ3v) is 28.6. The molecule has 33 rings (SSSR count). The quantitative estimate of drug-likeness (QED) is 0.103. The molecule has 16 aromatic carbocycles. The minimum absolute atomic E-state index is 0. The van der Waals surface area contributed by atoms with Crippen LogP contribution >= 0.6 is 0 Å². The van der Waals surface area contributed by atoms with E-state index in [1.165, 1.54) is 0 Å². The van der Waals surface area contributed by atoms with Gasteiger partial charge in [-0.2, -0.15) is 0 Å². The van der Waals surface area contributed by atoms with Crippen molar-refractivity contribution in [2.45, 2.75) is 44.8 Å². The molecule has 3 aromatic heterocycles. The van der Waals surface area contributed by atoms with E-state index in [0.717, 1.165) is 134 Å². The van der Waals surface area contributed by atoms with E-state index in [1.54, 1.807) is 0 Å². The summed E-state index contributed by atoms with van der Waals surface area (Å²) in [6.07, 6.45) is 0. The predicted octanol–water partition coefficient (Wildman–Crippen LogP) is 21.6. The second-order valence-corrected chi connectivity index (χ2v) is 34.5. The molecule has 0 radical (unpaired) electrons. The topological polar surface area (TPSA) is 179 Å². The SMILES string of the molecule is [Pd+2].c1ccc(C23OOC(c4ccccc4)(c4ccccc42)c2cc4c(cc23)-c2nc-4nc3[n-]c(nc4nc(nc5[n-]c(n2)c2cc6c(cc52)C2(c5ccccc5)OOC6(c5ccccc5)c5ccccc52)-c2cc5c(cc2-4)C2(c4ccccc4)OOC5(c4ccccc4)c4ccccc42)c2cc4c(cc32)C2(c3ccccc3)OOC4(c3ccccc3)c3ccccc32)cc1. The maximum Gasteiger partial charge on any atom is 2.00 e. The number of hydrogen-bond acceptors (Lipinski definition) is 14. The third-order valence-electron chi connectivity index (χ3n) is 28.6. The fourth-order valence-electron chi connectivity index (χ4n) is 23.2. The van der Waals surface area contributed by atoms with Crippen LogP contribution in [0.3, 0.4) is 0 Å². The first-order valence-corrected chi connectivity index (χ1v) is 43.1. The molecular formula is C112H64N8O8Pd. The Hall–Kier alpha value is -14.8. The number of aromatic nitrogens is 8. The van der Waals surface area contributed by atoms with Crippen LogP contribution in [0.5, 0.6) is 0 Å². The average molecular weight is 1760 g/mol. The van der Waals surface area contributed by atoms with Crippen molar-refractivity contribution in [1.82, 2.24) is 39.9 Å². The largest absolute Gasteiger partial charge is 2.00 e. The van der Waals surface area contributed by atoms with Crippen LogP contribution in [0.25, 0.3) is 89.7 Å². The van der Waals surface area contributed by atoms with Gasteiger partial charge in [0.05, 0.1) is 23.3 Å². The summed E-state index contributed by atoms with van der Waals surface area (Å²) >= 11 is 0. The van der Waals surface area contributed by atoms with Crippen LogP contribution in [0, 0.1) is 0 Å². The van der Waals surface area contributed by atoms with Crippen LogP contribution in [0.1, 0.15) is 134 Å². The van der Waals surface area contributed by atoms with Crippen LogP contribution in [0.4, 0.5) is 0 Å². The molecule has 4 aliphatic carbocycles. The summed E-state index contributed by atoms with van der Waals surface area (Å²) in [4.78, 5) is 105. The molecule has 0 N–H and O–H groups in total. The molecule has 16 nitrogen and oxygen atoms in total. The Morgan fingerprint density at radius 2 is 0.295 bits per heavy atom. The van der Waals surface area contributed by atoms with Crippen LogP contribution in [0.15, 0.2) is 388 Å². The van der Waals surface area contributed by atoms with E-state index in [9.17, 15) is 0 Å². The molecule has 0 spiro atoms. The van der Waals surface area contributed by atoms with Gasteiger partial charge in [0.2, 0.25) is 0 Å². The second kappa shape index (κ2) is 26.2. The summed E-state index contributed by atoms with van der Waals surface area (Å²) in [6.45, 7) is 0. The molecule has 0 saturated carbocycles. The van der Waals surface area contributed by atoms with Gasteiger partial charge in [0.1, 0.15) is 0 Å². The van der Waals surface area contributed by atoms with Gasteiger partial charge >= 0.3 is 20.4 Å². The van der Waals surface area contributed by atoms with E-state index >= 15 is 0 Å². The Bertz CT molecular complexity index is 7320. The third kappa shape index (κ3) is 9.06. The Morgan fingerprint density at radius 1 is 0.155 bits per heavy atom.